The Balaban J connectivity index is 2.31. The topological polar surface area (TPSA) is 51.2 Å². The molecule has 3 nitrogen and oxygen atoms in total. The predicted octanol–water partition coefficient (Wildman–Crippen LogP) is 3.42. The summed E-state index contributed by atoms with van der Waals surface area (Å²) in [5.74, 6) is -5.69. The minimum atomic E-state index is -1.94. The monoisotopic (exact) mass is 408 g/mol. The zero-order valence-electron chi connectivity index (χ0n) is 10.2. The first kappa shape index (κ1) is 16.4. The maximum atomic E-state index is 12.5. The Bertz CT molecular complexity index is 609. The second-order valence-corrected chi connectivity index (χ2v) is 8.71. The first-order valence-corrected chi connectivity index (χ1v) is 8.12. The lowest BCUT2D eigenvalue weighted by Crippen LogP contribution is -2.48. The number of allylic oxidation sites excluding steroid dienone is 2. The average Bonchev–Trinajstić information content (AvgIpc) is 2.75. The summed E-state index contributed by atoms with van der Waals surface area (Å²) in [4.78, 5) is 32.9. The lowest BCUT2D eigenvalue weighted by Gasteiger charge is -2.33. The van der Waals surface area contributed by atoms with E-state index in [0.717, 1.165) is 6.92 Å². The summed E-state index contributed by atoms with van der Waals surface area (Å²) < 4.78 is -1.94. The molecular weight excluding hydrogens is 405 g/mol. The van der Waals surface area contributed by atoms with Gasteiger partial charge in [0.2, 0.25) is 0 Å². The van der Waals surface area contributed by atoms with Gasteiger partial charge in [0.25, 0.3) is 0 Å². The minimum absolute atomic E-state index is 0.155. The molecule has 2 bridgehead atoms. The molecule has 3 rings (SSSR count). The number of hydrogen-bond donors (Lipinski definition) is 0. The van der Waals surface area contributed by atoms with Gasteiger partial charge >= 0.3 is 0 Å². The molecule has 2 saturated carbocycles. The predicted molar refractivity (Wildman–Crippen MR) is 81.5 cm³/mol. The van der Waals surface area contributed by atoms with Crippen LogP contribution in [0.3, 0.4) is 0 Å². The van der Waals surface area contributed by atoms with Gasteiger partial charge in [-0.15, -0.1) is 23.2 Å². The normalized spacial score (nSPS) is 47.3. The van der Waals surface area contributed by atoms with Crippen LogP contribution in [0.2, 0.25) is 0 Å². The highest BCUT2D eigenvalue weighted by Gasteiger charge is 2.87. The molecule has 0 aliphatic heterocycles. The van der Waals surface area contributed by atoms with E-state index in [0.29, 0.717) is 0 Å². The Hall–Kier alpha value is 0.490. The van der Waals surface area contributed by atoms with E-state index in [2.05, 4.69) is 0 Å². The van der Waals surface area contributed by atoms with Crippen molar-refractivity contribution in [1.29, 1.82) is 0 Å². The lowest BCUT2D eigenvalue weighted by molar-refractivity contribution is -0.136. The van der Waals surface area contributed by atoms with Gasteiger partial charge < -0.3 is 0 Å². The quantitative estimate of drug-likeness (QED) is 0.491. The van der Waals surface area contributed by atoms with Crippen molar-refractivity contribution in [3.05, 3.63) is 10.1 Å². The van der Waals surface area contributed by atoms with E-state index in [9.17, 15) is 14.4 Å². The van der Waals surface area contributed by atoms with Crippen LogP contribution in [0, 0.1) is 17.8 Å². The van der Waals surface area contributed by atoms with Crippen LogP contribution in [0.15, 0.2) is 10.1 Å². The van der Waals surface area contributed by atoms with Crippen LogP contribution >= 0.6 is 69.6 Å². The van der Waals surface area contributed by atoms with Gasteiger partial charge in [-0.05, 0) is 6.92 Å². The number of hydrogen-bond acceptors (Lipinski definition) is 3. The van der Waals surface area contributed by atoms with Crippen LogP contribution in [0.1, 0.15) is 6.92 Å². The van der Waals surface area contributed by atoms with Crippen LogP contribution < -0.4 is 0 Å². The van der Waals surface area contributed by atoms with E-state index in [1.807, 2.05) is 0 Å². The smallest absolute Gasteiger partial charge is 0.167 e. The van der Waals surface area contributed by atoms with Gasteiger partial charge in [-0.1, -0.05) is 46.4 Å². The third kappa shape index (κ3) is 1.41. The summed E-state index contributed by atoms with van der Waals surface area (Å²) in [5.41, 5.74) is 0. The Morgan fingerprint density at radius 3 is 1.52 bits per heavy atom. The van der Waals surface area contributed by atoms with Crippen LogP contribution in [0.5, 0.6) is 0 Å². The summed E-state index contributed by atoms with van der Waals surface area (Å²) in [5, 5.41) is -0.310. The van der Waals surface area contributed by atoms with Crippen molar-refractivity contribution in [1.82, 2.24) is 0 Å². The molecule has 2 fully saturated rings. The molecule has 0 aromatic heterocycles. The number of ketones is 3. The van der Waals surface area contributed by atoms with Gasteiger partial charge in [-0.2, -0.15) is 0 Å². The molecule has 0 saturated heterocycles. The van der Waals surface area contributed by atoms with E-state index in [-0.39, 0.29) is 10.1 Å². The number of carbonyl (C=O) groups excluding carboxylic acids is 3. The van der Waals surface area contributed by atoms with Crippen molar-refractivity contribution in [3.8, 4) is 0 Å². The van der Waals surface area contributed by atoms with Gasteiger partial charge in [0.05, 0.1) is 21.9 Å². The van der Waals surface area contributed by atoms with E-state index >= 15 is 0 Å². The number of fused-ring (bicyclic) bond motifs is 5. The number of carbonyl (C=O) groups is 3. The number of Topliss-reactive ketones (excluding diaryl/α,β-unsaturated/α-hetero) is 3. The van der Waals surface area contributed by atoms with E-state index in [1.54, 1.807) is 0 Å². The van der Waals surface area contributed by atoms with E-state index < -0.39 is 49.2 Å². The van der Waals surface area contributed by atoms with Crippen LogP contribution in [0.4, 0.5) is 0 Å². The Kier molecular flexibility index (Phi) is 3.36. The molecule has 9 heteroatoms. The average molecular weight is 411 g/mol. The summed E-state index contributed by atoms with van der Waals surface area (Å²) in [6.07, 6.45) is 0. The van der Waals surface area contributed by atoms with Gasteiger partial charge in [0, 0.05) is 0 Å². The molecule has 0 amide bonds. The third-order valence-electron chi connectivity index (χ3n) is 4.52. The van der Waals surface area contributed by atoms with Crippen LogP contribution in [-0.2, 0) is 14.4 Å². The zero-order chi connectivity index (χ0) is 16.1. The molecule has 4 atom stereocenters. The summed E-state index contributed by atoms with van der Waals surface area (Å²) >= 11 is 37.6. The summed E-state index contributed by atoms with van der Waals surface area (Å²) in [6.45, 7) is 1.15. The van der Waals surface area contributed by atoms with E-state index in [4.69, 9.17) is 69.6 Å². The highest BCUT2D eigenvalue weighted by Crippen LogP contribution is 2.78. The molecule has 114 valence electrons. The standard InChI is InChI=1S/C12H6Cl6O3/c1-2(19)3-6(20)4-5(7(3)21)11(16)9(14)8(13)10(4,15)12(11,17)18/h3-5H,1H3. The molecular formula is C12H6Cl6O3. The van der Waals surface area contributed by atoms with Crippen molar-refractivity contribution in [2.75, 3.05) is 0 Å². The maximum absolute atomic E-state index is 12.5. The first-order valence-electron chi connectivity index (χ1n) is 5.85. The fourth-order valence-corrected chi connectivity index (χ4v) is 6.56. The van der Waals surface area contributed by atoms with Crippen molar-refractivity contribution in [2.24, 2.45) is 17.8 Å². The highest BCUT2D eigenvalue weighted by molar-refractivity contribution is 6.67. The van der Waals surface area contributed by atoms with Gasteiger partial charge in [-0.25, -0.2) is 0 Å². The number of halogens is 6. The van der Waals surface area contributed by atoms with Crippen LogP contribution in [-0.4, -0.2) is 31.4 Å². The molecule has 0 aromatic rings. The van der Waals surface area contributed by atoms with Gasteiger partial charge in [-0.3, -0.25) is 14.4 Å². The minimum Gasteiger partial charge on any atom is -0.299 e. The molecule has 21 heavy (non-hydrogen) atoms. The maximum Gasteiger partial charge on any atom is 0.167 e. The van der Waals surface area contributed by atoms with Crippen molar-refractivity contribution in [3.63, 3.8) is 0 Å². The van der Waals surface area contributed by atoms with E-state index in [1.165, 1.54) is 0 Å². The van der Waals surface area contributed by atoms with Crippen molar-refractivity contribution in [2.45, 2.75) is 21.0 Å². The molecule has 0 N–H and O–H groups in total. The fraction of sp³-hybridized carbons (Fsp3) is 0.583. The molecule has 3 aliphatic rings. The molecule has 0 heterocycles. The lowest BCUT2D eigenvalue weighted by atomic mass is 9.84. The Labute approximate surface area is 149 Å². The zero-order valence-corrected chi connectivity index (χ0v) is 14.8. The Morgan fingerprint density at radius 2 is 1.24 bits per heavy atom. The second-order valence-electron chi connectivity index (χ2n) is 5.43. The highest BCUT2D eigenvalue weighted by atomic mass is 35.5. The third-order valence-corrected chi connectivity index (χ3v) is 8.78. The van der Waals surface area contributed by atoms with Crippen LogP contribution in [0.25, 0.3) is 0 Å². The second kappa shape index (κ2) is 4.31. The number of alkyl halides is 4. The fourth-order valence-electron chi connectivity index (χ4n) is 3.60. The van der Waals surface area contributed by atoms with Gasteiger partial charge in [0.15, 0.2) is 15.9 Å². The molecule has 0 radical (unpaired) electrons. The largest absolute Gasteiger partial charge is 0.299 e. The summed E-state index contributed by atoms with van der Waals surface area (Å²) in [6, 6.07) is 0. The van der Waals surface area contributed by atoms with Crippen molar-refractivity contribution < 1.29 is 14.4 Å². The molecule has 0 aromatic carbocycles. The molecule has 0 spiro atoms. The number of rotatable bonds is 1. The van der Waals surface area contributed by atoms with Gasteiger partial charge in [0.1, 0.15) is 21.4 Å². The molecule has 3 aliphatic carbocycles. The summed E-state index contributed by atoms with van der Waals surface area (Å²) in [7, 11) is 0. The Morgan fingerprint density at radius 1 is 0.905 bits per heavy atom. The molecule has 4 unspecified atom stereocenters. The SMILES string of the molecule is CC(=O)C1C(=O)C2C(C1=O)C1(Cl)C(Cl)=C(Cl)C2(Cl)C1(Cl)Cl. The first-order chi connectivity index (χ1) is 9.45. The van der Waals surface area contributed by atoms with Crippen molar-refractivity contribution >= 4 is 87.0 Å².